The first-order valence-corrected chi connectivity index (χ1v) is 6.83. The Morgan fingerprint density at radius 2 is 2.25 bits per heavy atom. The number of hydrogen-bond donors (Lipinski definition) is 0. The summed E-state index contributed by atoms with van der Waals surface area (Å²) in [5.41, 5.74) is 2.93. The molecule has 1 aliphatic carbocycles. The van der Waals surface area contributed by atoms with Gasteiger partial charge in [-0.1, -0.05) is 36.0 Å². The fourth-order valence-electron chi connectivity index (χ4n) is 2.42. The Hall–Kier alpha value is -0.960. The first kappa shape index (κ1) is 10.2. The molecule has 1 unspecified atom stereocenters. The molecule has 0 spiro atoms. The second kappa shape index (κ2) is 4.13. The van der Waals surface area contributed by atoms with Crippen LogP contribution in [-0.2, 0) is 6.42 Å². The van der Waals surface area contributed by atoms with E-state index in [1.54, 1.807) is 0 Å². The summed E-state index contributed by atoms with van der Waals surface area (Å²) in [6.45, 7) is 1.14. The summed E-state index contributed by atoms with van der Waals surface area (Å²) in [4.78, 5) is 7.17. The van der Waals surface area contributed by atoms with E-state index in [2.05, 4.69) is 36.2 Å². The van der Waals surface area contributed by atoms with Crippen molar-refractivity contribution in [2.75, 3.05) is 19.3 Å². The van der Waals surface area contributed by atoms with Gasteiger partial charge < -0.3 is 4.90 Å². The first-order valence-electron chi connectivity index (χ1n) is 5.84. The molecule has 1 atom stereocenters. The second-order valence-corrected chi connectivity index (χ2v) is 5.50. The highest BCUT2D eigenvalue weighted by atomic mass is 32.2. The van der Waals surface area contributed by atoms with Gasteiger partial charge in [-0.15, -0.1) is 0 Å². The number of benzene rings is 1. The van der Waals surface area contributed by atoms with Crippen molar-refractivity contribution in [3.05, 3.63) is 35.4 Å². The van der Waals surface area contributed by atoms with Crippen LogP contribution in [0.5, 0.6) is 0 Å². The van der Waals surface area contributed by atoms with Crippen molar-refractivity contribution in [2.45, 2.75) is 18.9 Å². The Morgan fingerprint density at radius 3 is 3.06 bits per heavy atom. The number of rotatable bonds is 1. The number of hydrogen-bond acceptors (Lipinski definition) is 2. The maximum absolute atomic E-state index is 4.90. The van der Waals surface area contributed by atoms with Gasteiger partial charge in [-0.05, 0) is 24.0 Å². The van der Waals surface area contributed by atoms with Crippen LogP contribution < -0.4 is 0 Å². The summed E-state index contributed by atoms with van der Waals surface area (Å²) < 4.78 is 0. The van der Waals surface area contributed by atoms with E-state index in [4.69, 9.17) is 4.99 Å². The third-order valence-corrected chi connectivity index (χ3v) is 4.41. The Kier molecular flexibility index (Phi) is 2.64. The normalized spacial score (nSPS) is 26.4. The van der Waals surface area contributed by atoms with Gasteiger partial charge in [0.2, 0.25) is 0 Å². The van der Waals surface area contributed by atoms with Crippen LogP contribution in [0.1, 0.15) is 23.6 Å². The topological polar surface area (TPSA) is 15.6 Å². The molecule has 1 saturated heterocycles. The molecule has 0 bridgehead atoms. The molecule has 3 rings (SSSR count). The van der Waals surface area contributed by atoms with Gasteiger partial charge in [0, 0.05) is 19.3 Å². The van der Waals surface area contributed by atoms with Crippen LogP contribution >= 0.6 is 11.8 Å². The lowest BCUT2D eigenvalue weighted by molar-refractivity contribution is 0.553. The predicted octanol–water partition coefficient (Wildman–Crippen LogP) is 2.71. The maximum Gasteiger partial charge on any atom is 0.159 e. The van der Waals surface area contributed by atoms with Crippen LogP contribution in [0.15, 0.2) is 29.3 Å². The zero-order chi connectivity index (χ0) is 11.0. The molecule has 16 heavy (non-hydrogen) atoms. The largest absolute Gasteiger partial charge is 0.354 e. The van der Waals surface area contributed by atoms with Gasteiger partial charge in [-0.2, -0.15) is 0 Å². The predicted molar refractivity (Wildman–Crippen MR) is 70.0 cm³/mol. The van der Waals surface area contributed by atoms with Gasteiger partial charge in [0.25, 0.3) is 0 Å². The number of amidine groups is 1. The summed E-state index contributed by atoms with van der Waals surface area (Å²) in [6, 6.07) is 9.13. The molecule has 0 saturated carbocycles. The van der Waals surface area contributed by atoms with Crippen molar-refractivity contribution in [1.82, 2.24) is 4.90 Å². The smallest absolute Gasteiger partial charge is 0.159 e. The molecule has 1 aromatic carbocycles. The highest BCUT2D eigenvalue weighted by molar-refractivity contribution is 8.14. The van der Waals surface area contributed by atoms with E-state index in [1.807, 2.05) is 11.8 Å². The fourth-order valence-corrected chi connectivity index (χ4v) is 3.48. The zero-order valence-corrected chi connectivity index (χ0v) is 10.3. The van der Waals surface area contributed by atoms with Gasteiger partial charge in [0.15, 0.2) is 5.17 Å². The van der Waals surface area contributed by atoms with Crippen molar-refractivity contribution in [2.24, 2.45) is 4.99 Å². The molecule has 0 radical (unpaired) electrons. The van der Waals surface area contributed by atoms with Crippen molar-refractivity contribution in [3.8, 4) is 0 Å². The average Bonchev–Trinajstić information content (AvgIpc) is 2.88. The van der Waals surface area contributed by atoms with Crippen LogP contribution in [-0.4, -0.2) is 29.4 Å². The summed E-state index contributed by atoms with van der Waals surface area (Å²) in [7, 11) is 2.14. The standard InChI is InChI=1S/C13H16N2S/c1-15-8-9-16-13(15)14-12-7-6-10-4-2-3-5-11(10)12/h2-5,12H,6-9H2,1H3/b14-13-. The quantitative estimate of drug-likeness (QED) is 0.740. The van der Waals surface area contributed by atoms with Crippen LogP contribution in [0, 0.1) is 0 Å². The molecular formula is C13H16N2S. The van der Waals surface area contributed by atoms with E-state index in [0.29, 0.717) is 6.04 Å². The third kappa shape index (κ3) is 1.73. The molecule has 0 amide bonds. The van der Waals surface area contributed by atoms with Gasteiger partial charge in [0.1, 0.15) is 0 Å². The summed E-state index contributed by atoms with van der Waals surface area (Å²) >= 11 is 1.89. The minimum atomic E-state index is 0.402. The Balaban J connectivity index is 1.88. The third-order valence-electron chi connectivity index (χ3n) is 3.35. The van der Waals surface area contributed by atoms with E-state index >= 15 is 0 Å². The van der Waals surface area contributed by atoms with Gasteiger partial charge >= 0.3 is 0 Å². The number of aryl methyl sites for hydroxylation is 1. The molecule has 1 aromatic rings. The van der Waals surface area contributed by atoms with E-state index in [-0.39, 0.29) is 0 Å². The average molecular weight is 232 g/mol. The van der Waals surface area contributed by atoms with E-state index in [9.17, 15) is 0 Å². The number of thioether (sulfide) groups is 1. The van der Waals surface area contributed by atoms with Crippen LogP contribution in [0.25, 0.3) is 0 Å². The Labute approximate surface area is 101 Å². The minimum Gasteiger partial charge on any atom is -0.354 e. The van der Waals surface area contributed by atoms with Crippen LogP contribution in [0.4, 0.5) is 0 Å². The SMILES string of the molecule is CN1CCS/C1=N\C1CCc2ccccc21. The molecule has 1 aliphatic heterocycles. The number of fused-ring (bicyclic) bond motifs is 1. The van der Waals surface area contributed by atoms with E-state index in [1.165, 1.54) is 34.9 Å². The maximum atomic E-state index is 4.90. The first-order chi connectivity index (χ1) is 7.84. The fraction of sp³-hybridized carbons (Fsp3) is 0.462. The summed E-state index contributed by atoms with van der Waals surface area (Å²) in [5, 5.41) is 1.22. The number of nitrogens with zero attached hydrogens (tertiary/aromatic N) is 2. The van der Waals surface area contributed by atoms with Crippen molar-refractivity contribution < 1.29 is 0 Å². The Morgan fingerprint density at radius 1 is 1.38 bits per heavy atom. The summed E-state index contributed by atoms with van der Waals surface area (Å²) in [5.74, 6) is 1.18. The second-order valence-electron chi connectivity index (χ2n) is 4.43. The molecule has 0 aromatic heterocycles. The lowest BCUT2D eigenvalue weighted by Gasteiger charge is -2.13. The van der Waals surface area contributed by atoms with Gasteiger partial charge in [-0.25, -0.2) is 0 Å². The van der Waals surface area contributed by atoms with Crippen molar-refractivity contribution in [3.63, 3.8) is 0 Å². The molecule has 3 heteroatoms. The van der Waals surface area contributed by atoms with Crippen molar-refractivity contribution >= 4 is 16.9 Å². The zero-order valence-electron chi connectivity index (χ0n) is 9.52. The van der Waals surface area contributed by atoms with E-state index < -0.39 is 0 Å². The Bertz CT molecular complexity index is 428. The molecule has 1 fully saturated rings. The molecule has 2 nitrogen and oxygen atoms in total. The van der Waals surface area contributed by atoms with Crippen molar-refractivity contribution in [1.29, 1.82) is 0 Å². The molecule has 2 aliphatic rings. The molecule has 84 valence electrons. The minimum absolute atomic E-state index is 0.402. The van der Waals surface area contributed by atoms with Crippen LogP contribution in [0.2, 0.25) is 0 Å². The monoisotopic (exact) mass is 232 g/mol. The molecule has 1 heterocycles. The molecular weight excluding hydrogens is 216 g/mol. The summed E-state index contributed by atoms with van der Waals surface area (Å²) in [6.07, 6.45) is 2.36. The lowest BCUT2D eigenvalue weighted by atomic mass is 10.1. The number of aliphatic imine (C=N–C) groups is 1. The highest BCUT2D eigenvalue weighted by Crippen LogP contribution is 2.35. The van der Waals surface area contributed by atoms with Crippen LogP contribution in [0.3, 0.4) is 0 Å². The van der Waals surface area contributed by atoms with Gasteiger partial charge in [-0.3, -0.25) is 4.99 Å². The lowest BCUT2D eigenvalue weighted by Crippen LogP contribution is -2.18. The van der Waals surface area contributed by atoms with E-state index in [0.717, 1.165) is 6.54 Å². The highest BCUT2D eigenvalue weighted by Gasteiger charge is 2.24. The molecule has 0 N–H and O–H groups in total. The van der Waals surface area contributed by atoms with Gasteiger partial charge in [0.05, 0.1) is 6.04 Å².